The minimum atomic E-state index is -0.532. The van der Waals surface area contributed by atoms with Crippen LogP contribution in [0.25, 0.3) is 10.8 Å². The molecule has 3 aliphatic rings. The van der Waals surface area contributed by atoms with Crippen molar-refractivity contribution >= 4 is 28.2 Å². The average molecular weight is 814 g/mol. The summed E-state index contributed by atoms with van der Waals surface area (Å²) in [4.78, 5) is 17.7. The number of methoxy groups -OCH3 is 1. The Morgan fingerprint density at radius 3 is 2.62 bits per heavy atom. The van der Waals surface area contributed by atoms with Gasteiger partial charge in [-0.3, -0.25) is 9.79 Å². The standard InChI is InChI=1S/C50H59N3O7/c1-4-36-29-47(57)44-15-9-23-59-42(31-41(55)19-16-34-18-21-48(58-3)49(26-34)60-32-35-17-20-43(44)45(36)25-35)28-39-30-46(56)38(13-8-22-54)27-37(39)12-6-5-10-33-11-7-14-40(24-33)53-50(51)52-2/h7,11,14,17-18,20-21,24-27,29-30,37,39,42,54,56-57H,4-6,8,10,12-13,15-16,19,22,28,31-32H2,1-3H3,(H3,51,52,53). The molecule has 6 N–H and O–H groups in total. The molecule has 6 bridgehead atoms. The van der Waals surface area contributed by atoms with Crippen LogP contribution in [-0.2, 0) is 41.8 Å². The number of aryl methyl sites for hydroxylation is 3. The first-order chi connectivity index (χ1) is 29.2. The quantitative estimate of drug-likeness (QED) is 0.0385. The number of hydrogen-bond acceptors (Lipinski definition) is 8. The van der Waals surface area contributed by atoms with E-state index in [1.807, 2.05) is 54.6 Å². The minimum Gasteiger partial charge on any atom is -0.508 e. The van der Waals surface area contributed by atoms with Crippen LogP contribution in [0.4, 0.5) is 5.69 Å². The number of aliphatic hydroxyl groups is 2. The number of unbranched alkanes of at least 4 members (excludes halogenated alkanes) is 1. The van der Waals surface area contributed by atoms with E-state index in [0.29, 0.717) is 61.7 Å². The molecule has 10 heteroatoms. The van der Waals surface area contributed by atoms with Crippen molar-refractivity contribution in [1.82, 2.24) is 0 Å². The lowest BCUT2D eigenvalue weighted by atomic mass is 9.77. The van der Waals surface area contributed by atoms with Crippen molar-refractivity contribution in [3.63, 3.8) is 0 Å². The lowest BCUT2D eigenvalue weighted by Crippen LogP contribution is -2.25. The van der Waals surface area contributed by atoms with Crippen LogP contribution in [0, 0.1) is 23.9 Å². The van der Waals surface area contributed by atoms with E-state index in [4.69, 9.17) is 19.9 Å². The second-order valence-electron chi connectivity index (χ2n) is 15.8. The van der Waals surface area contributed by atoms with Gasteiger partial charge in [-0.15, -0.1) is 0 Å². The number of aliphatic imine (C=N–C) groups is 1. The predicted molar refractivity (Wildman–Crippen MR) is 238 cm³/mol. The van der Waals surface area contributed by atoms with Gasteiger partial charge in [0.15, 0.2) is 17.5 Å². The number of fused-ring (bicyclic) bond motifs is 9. The fraction of sp³-hybridized carbons (Fsp3) is 0.400. The Morgan fingerprint density at radius 2 is 1.82 bits per heavy atom. The summed E-state index contributed by atoms with van der Waals surface area (Å²) >= 11 is 0. The average Bonchev–Trinajstić information content (AvgIpc) is 3.25. The molecule has 0 saturated heterocycles. The smallest absolute Gasteiger partial charge is 0.192 e. The number of phenols is 1. The molecule has 0 saturated carbocycles. The number of ketones is 1. The normalized spacial score (nSPS) is 18.6. The van der Waals surface area contributed by atoms with Gasteiger partial charge in [-0.1, -0.05) is 55.7 Å². The van der Waals surface area contributed by atoms with Crippen LogP contribution in [0.2, 0.25) is 0 Å². The maximum atomic E-state index is 13.7. The zero-order valence-electron chi connectivity index (χ0n) is 35.1. The van der Waals surface area contributed by atoms with Gasteiger partial charge in [0.1, 0.15) is 36.1 Å². The fourth-order valence-electron chi connectivity index (χ4n) is 8.31. The minimum absolute atomic E-state index is 0.0430. The molecule has 0 aromatic heterocycles. The van der Waals surface area contributed by atoms with Crippen LogP contribution in [0.3, 0.4) is 0 Å². The Hall–Kier alpha value is -5.92. The van der Waals surface area contributed by atoms with Crippen LogP contribution < -0.4 is 20.5 Å². The number of carbonyl (C=O) groups is 1. The number of aromatic hydroxyl groups is 1. The number of ether oxygens (including phenoxy) is 3. The number of nitrogens with two attached hydrogens (primary N) is 1. The van der Waals surface area contributed by atoms with Crippen molar-refractivity contribution in [3.8, 4) is 29.3 Å². The Balaban J connectivity index is 1.24. The number of aliphatic hydroxyl groups excluding tert-OH is 2. The molecule has 3 atom stereocenters. The van der Waals surface area contributed by atoms with Gasteiger partial charge in [-0.05, 0) is 144 Å². The first-order valence-electron chi connectivity index (χ1n) is 21.2. The molecule has 2 heterocycles. The third-order valence-electron chi connectivity index (χ3n) is 11.6. The number of carbonyl (C=O) groups excluding carboxylic acids is 1. The maximum Gasteiger partial charge on any atom is 0.192 e. The summed E-state index contributed by atoms with van der Waals surface area (Å²) in [6.45, 7) is 2.44. The third-order valence-corrected chi connectivity index (χ3v) is 11.6. The van der Waals surface area contributed by atoms with Crippen molar-refractivity contribution in [2.75, 3.05) is 26.1 Å². The monoisotopic (exact) mass is 813 g/mol. The number of Topliss-reactive ketones (excluding diaryl/α,β-unsaturated/α-hetero) is 1. The number of guanidine groups is 1. The van der Waals surface area contributed by atoms with Gasteiger partial charge in [0, 0.05) is 44.2 Å². The Kier molecular flexibility index (Phi) is 15.5. The van der Waals surface area contributed by atoms with Crippen molar-refractivity contribution in [2.24, 2.45) is 22.6 Å². The lowest BCUT2D eigenvalue weighted by molar-refractivity contribution is -0.121. The summed E-state index contributed by atoms with van der Waals surface area (Å²) in [5.41, 5.74) is 12.5. The number of benzene rings is 4. The molecule has 0 amide bonds. The van der Waals surface area contributed by atoms with Crippen LogP contribution in [0.5, 0.6) is 17.2 Å². The summed E-state index contributed by atoms with van der Waals surface area (Å²) in [5, 5.41) is 37.0. The number of allylic oxidation sites excluding steroid dienone is 3. The van der Waals surface area contributed by atoms with Crippen LogP contribution >= 0.6 is 0 Å². The predicted octanol–water partition coefficient (Wildman–Crippen LogP) is 9.04. The van der Waals surface area contributed by atoms with E-state index in [-0.39, 0.29) is 48.6 Å². The summed E-state index contributed by atoms with van der Waals surface area (Å²) < 4.78 is 18.2. The highest BCUT2D eigenvalue weighted by atomic mass is 16.5. The van der Waals surface area contributed by atoms with Gasteiger partial charge in [-0.2, -0.15) is 0 Å². The van der Waals surface area contributed by atoms with Gasteiger partial charge in [-0.25, -0.2) is 0 Å². The zero-order valence-corrected chi connectivity index (χ0v) is 35.1. The summed E-state index contributed by atoms with van der Waals surface area (Å²) in [6.07, 6.45) is 13.8. The molecule has 0 radical (unpaired) electrons. The summed E-state index contributed by atoms with van der Waals surface area (Å²) in [7, 11) is 3.26. The molecule has 60 heavy (non-hydrogen) atoms. The summed E-state index contributed by atoms with van der Waals surface area (Å²) in [6, 6.07) is 21.9. The second-order valence-corrected chi connectivity index (χ2v) is 15.8. The van der Waals surface area contributed by atoms with Gasteiger partial charge in [0.2, 0.25) is 0 Å². The van der Waals surface area contributed by atoms with E-state index in [0.717, 1.165) is 70.8 Å². The SMILES string of the molecule is CCc1cc(O)c2c3ccc(cc13)COc1cc(ccc1OC)CCC(=O)CC(CC1C=C(O)C(CCCO)=CC1CCCCc1cccc(NC(N)=NC)c1)OC#CC2. The van der Waals surface area contributed by atoms with Gasteiger partial charge < -0.3 is 40.6 Å². The molecule has 0 fully saturated rings. The van der Waals surface area contributed by atoms with Crippen molar-refractivity contribution in [2.45, 2.75) is 96.7 Å². The van der Waals surface area contributed by atoms with Crippen LogP contribution in [0.15, 0.2) is 95.2 Å². The number of nitrogens with one attached hydrogen (secondary N) is 1. The topological polar surface area (TPSA) is 156 Å². The highest BCUT2D eigenvalue weighted by Crippen LogP contribution is 2.37. The van der Waals surface area contributed by atoms with Crippen LogP contribution in [-0.4, -0.2) is 53.9 Å². The van der Waals surface area contributed by atoms with Crippen molar-refractivity contribution in [3.05, 3.63) is 118 Å². The fourth-order valence-corrected chi connectivity index (χ4v) is 8.31. The first-order valence-corrected chi connectivity index (χ1v) is 21.2. The lowest BCUT2D eigenvalue weighted by Gasteiger charge is -2.30. The van der Waals surface area contributed by atoms with Crippen LogP contribution in [0.1, 0.15) is 86.1 Å². The number of rotatable bonds is 13. The highest BCUT2D eigenvalue weighted by Gasteiger charge is 2.29. The van der Waals surface area contributed by atoms with Crippen molar-refractivity contribution in [1.29, 1.82) is 0 Å². The third kappa shape index (κ3) is 11.6. The molecular weight excluding hydrogens is 755 g/mol. The number of hydrogen-bond donors (Lipinski definition) is 5. The maximum absolute atomic E-state index is 13.7. The molecule has 10 nitrogen and oxygen atoms in total. The molecule has 2 aliphatic heterocycles. The molecular formula is C50H59N3O7. The first kappa shape index (κ1) is 43.7. The van der Waals surface area contributed by atoms with E-state index in [1.54, 1.807) is 14.2 Å². The van der Waals surface area contributed by atoms with Gasteiger partial charge >= 0.3 is 0 Å². The van der Waals surface area contributed by atoms with Gasteiger partial charge in [0.05, 0.1) is 7.11 Å². The summed E-state index contributed by atoms with van der Waals surface area (Å²) in [5.74, 6) is 5.18. The van der Waals surface area contributed by atoms with E-state index < -0.39 is 6.10 Å². The molecule has 3 unspecified atom stereocenters. The van der Waals surface area contributed by atoms with E-state index in [9.17, 15) is 20.1 Å². The van der Waals surface area contributed by atoms with E-state index in [1.165, 1.54) is 5.56 Å². The van der Waals surface area contributed by atoms with E-state index >= 15 is 0 Å². The Labute approximate surface area is 354 Å². The molecule has 1 aliphatic carbocycles. The molecule has 316 valence electrons. The number of nitrogens with zero attached hydrogens (tertiary/aromatic N) is 1. The number of anilines is 1. The number of phenolic OH excluding ortho intramolecular Hbond substituents is 1. The molecule has 7 rings (SSSR count). The van der Waals surface area contributed by atoms with Gasteiger partial charge in [0.25, 0.3) is 0 Å². The highest BCUT2D eigenvalue weighted by molar-refractivity contribution is 5.92. The molecule has 4 aromatic carbocycles. The Bertz CT molecular complexity index is 2280. The Morgan fingerprint density at radius 1 is 0.967 bits per heavy atom. The second kappa shape index (κ2) is 21.4. The molecule has 4 aromatic rings. The van der Waals surface area contributed by atoms with E-state index in [2.05, 4.69) is 53.5 Å². The largest absolute Gasteiger partial charge is 0.508 e. The van der Waals surface area contributed by atoms with Crippen molar-refractivity contribution < 1.29 is 34.3 Å². The zero-order chi connectivity index (χ0) is 42.4. The molecule has 0 spiro atoms.